The van der Waals surface area contributed by atoms with Crippen LogP contribution in [-0.4, -0.2) is 11.5 Å². The molecular formula is C14H20N2O. The fraction of sp³-hybridized carbons (Fsp3) is 0.500. The highest BCUT2D eigenvalue weighted by Gasteiger charge is 2.13. The summed E-state index contributed by atoms with van der Waals surface area (Å²) in [5.74, 6) is 1.85. The molecule has 0 spiro atoms. The SMILES string of the molecule is Cc1nc2ccc(CC(CN)C(C)C)cc2o1. The molecule has 1 unspecified atom stereocenters. The van der Waals surface area contributed by atoms with Gasteiger partial charge in [-0.15, -0.1) is 0 Å². The maximum Gasteiger partial charge on any atom is 0.192 e. The minimum atomic E-state index is 0.525. The van der Waals surface area contributed by atoms with Gasteiger partial charge in [-0.2, -0.15) is 0 Å². The lowest BCUT2D eigenvalue weighted by Gasteiger charge is -2.18. The molecular weight excluding hydrogens is 212 g/mol. The van der Waals surface area contributed by atoms with Crippen molar-refractivity contribution in [1.82, 2.24) is 4.98 Å². The zero-order valence-corrected chi connectivity index (χ0v) is 10.7. The highest BCUT2D eigenvalue weighted by atomic mass is 16.3. The van der Waals surface area contributed by atoms with Gasteiger partial charge in [-0.1, -0.05) is 19.9 Å². The van der Waals surface area contributed by atoms with Crippen LogP contribution in [0.1, 0.15) is 25.3 Å². The Morgan fingerprint density at radius 1 is 1.35 bits per heavy atom. The number of aromatic nitrogens is 1. The summed E-state index contributed by atoms with van der Waals surface area (Å²) in [6, 6.07) is 6.23. The van der Waals surface area contributed by atoms with E-state index in [9.17, 15) is 0 Å². The number of fused-ring (bicyclic) bond motifs is 1. The molecule has 1 aromatic carbocycles. The van der Waals surface area contributed by atoms with E-state index in [-0.39, 0.29) is 0 Å². The number of hydrogen-bond acceptors (Lipinski definition) is 3. The molecule has 0 saturated carbocycles. The second-order valence-electron chi connectivity index (χ2n) is 4.98. The van der Waals surface area contributed by atoms with E-state index < -0.39 is 0 Å². The summed E-state index contributed by atoms with van der Waals surface area (Å²) in [6.45, 7) is 7.03. The first-order valence-corrected chi connectivity index (χ1v) is 6.16. The van der Waals surface area contributed by atoms with Gasteiger partial charge in [0.25, 0.3) is 0 Å². The lowest BCUT2D eigenvalue weighted by atomic mass is 9.89. The van der Waals surface area contributed by atoms with E-state index in [2.05, 4.69) is 31.0 Å². The summed E-state index contributed by atoms with van der Waals surface area (Å²) >= 11 is 0. The Morgan fingerprint density at radius 2 is 2.12 bits per heavy atom. The Kier molecular flexibility index (Phi) is 3.48. The van der Waals surface area contributed by atoms with Gasteiger partial charge in [0, 0.05) is 6.92 Å². The van der Waals surface area contributed by atoms with Gasteiger partial charge < -0.3 is 10.2 Å². The number of rotatable bonds is 4. The molecule has 3 nitrogen and oxygen atoms in total. The molecule has 0 bridgehead atoms. The monoisotopic (exact) mass is 232 g/mol. The van der Waals surface area contributed by atoms with E-state index in [0.717, 1.165) is 30.0 Å². The molecule has 0 aliphatic heterocycles. The van der Waals surface area contributed by atoms with Crippen molar-refractivity contribution in [2.45, 2.75) is 27.2 Å². The first-order chi connectivity index (χ1) is 8.10. The summed E-state index contributed by atoms with van der Waals surface area (Å²) in [5, 5.41) is 0. The van der Waals surface area contributed by atoms with Gasteiger partial charge in [-0.05, 0) is 42.5 Å². The number of aryl methyl sites for hydroxylation is 1. The van der Waals surface area contributed by atoms with Crippen LogP contribution < -0.4 is 5.73 Å². The number of nitrogens with zero attached hydrogens (tertiary/aromatic N) is 1. The van der Waals surface area contributed by atoms with Crippen LogP contribution in [0, 0.1) is 18.8 Å². The molecule has 0 amide bonds. The third-order valence-electron chi connectivity index (χ3n) is 3.30. The number of hydrogen-bond donors (Lipinski definition) is 1. The minimum absolute atomic E-state index is 0.525. The van der Waals surface area contributed by atoms with Crippen molar-refractivity contribution in [2.24, 2.45) is 17.6 Å². The zero-order chi connectivity index (χ0) is 12.4. The molecule has 0 saturated heterocycles. The van der Waals surface area contributed by atoms with Crippen LogP contribution in [0.25, 0.3) is 11.1 Å². The molecule has 3 heteroatoms. The molecule has 0 fully saturated rings. The van der Waals surface area contributed by atoms with Gasteiger partial charge in [0.2, 0.25) is 0 Å². The lowest BCUT2D eigenvalue weighted by molar-refractivity contribution is 0.392. The van der Waals surface area contributed by atoms with Crippen molar-refractivity contribution >= 4 is 11.1 Å². The van der Waals surface area contributed by atoms with E-state index in [1.165, 1.54) is 5.56 Å². The standard InChI is InChI=1S/C14H20N2O/c1-9(2)12(8-15)6-11-4-5-13-14(7-11)17-10(3)16-13/h4-5,7,9,12H,6,8,15H2,1-3H3. The van der Waals surface area contributed by atoms with E-state index in [1.807, 2.05) is 13.0 Å². The highest BCUT2D eigenvalue weighted by Crippen LogP contribution is 2.21. The summed E-state index contributed by atoms with van der Waals surface area (Å²) < 4.78 is 5.54. The molecule has 92 valence electrons. The van der Waals surface area contributed by atoms with Crippen molar-refractivity contribution in [2.75, 3.05) is 6.54 Å². The van der Waals surface area contributed by atoms with Gasteiger partial charge >= 0.3 is 0 Å². The Morgan fingerprint density at radius 3 is 2.76 bits per heavy atom. The van der Waals surface area contributed by atoms with Gasteiger partial charge in [0.05, 0.1) is 0 Å². The van der Waals surface area contributed by atoms with E-state index in [1.54, 1.807) is 0 Å². The first-order valence-electron chi connectivity index (χ1n) is 6.16. The van der Waals surface area contributed by atoms with Crippen LogP contribution in [0.3, 0.4) is 0 Å². The average Bonchev–Trinajstić information content (AvgIpc) is 2.64. The molecule has 1 atom stereocenters. The largest absolute Gasteiger partial charge is 0.441 e. The van der Waals surface area contributed by atoms with Gasteiger partial charge in [-0.25, -0.2) is 4.98 Å². The van der Waals surface area contributed by atoms with Crippen molar-refractivity contribution < 1.29 is 4.42 Å². The Labute approximate surface area is 102 Å². The maximum absolute atomic E-state index is 5.80. The molecule has 2 rings (SSSR count). The van der Waals surface area contributed by atoms with Crippen LogP contribution in [-0.2, 0) is 6.42 Å². The van der Waals surface area contributed by atoms with Gasteiger partial charge in [0.1, 0.15) is 5.52 Å². The molecule has 1 aromatic heterocycles. The molecule has 17 heavy (non-hydrogen) atoms. The number of nitrogens with two attached hydrogens (primary N) is 1. The minimum Gasteiger partial charge on any atom is -0.441 e. The number of benzene rings is 1. The third-order valence-corrected chi connectivity index (χ3v) is 3.30. The summed E-state index contributed by atoms with van der Waals surface area (Å²) in [7, 11) is 0. The molecule has 1 heterocycles. The van der Waals surface area contributed by atoms with Crippen molar-refractivity contribution in [3.63, 3.8) is 0 Å². The summed E-state index contributed by atoms with van der Waals surface area (Å²) in [5.41, 5.74) is 8.88. The predicted octanol–water partition coefficient (Wildman–Crippen LogP) is 2.91. The van der Waals surface area contributed by atoms with Crippen LogP contribution in [0.2, 0.25) is 0 Å². The van der Waals surface area contributed by atoms with E-state index in [0.29, 0.717) is 11.8 Å². The van der Waals surface area contributed by atoms with Crippen LogP contribution in [0.5, 0.6) is 0 Å². The smallest absolute Gasteiger partial charge is 0.192 e. The highest BCUT2D eigenvalue weighted by molar-refractivity contribution is 5.73. The van der Waals surface area contributed by atoms with Crippen LogP contribution >= 0.6 is 0 Å². The zero-order valence-electron chi connectivity index (χ0n) is 10.7. The second kappa shape index (κ2) is 4.88. The molecule has 2 N–H and O–H groups in total. The quantitative estimate of drug-likeness (QED) is 0.881. The Balaban J connectivity index is 2.23. The van der Waals surface area contributed by atoms with Gasteiger partial charge in [0.15, 0.2) is 11.5 Å². The maximum atomic E-state index is 5.80. The topological polar surface area (TPSA) is 52.0 Å². The molecule has 2 aromatic rings. The average molecular weight is 232 g/mol. The van der Waals surface area contributed by atoms with Crippen molar-refractivity contribution in [3.8, 4) is 0 Å². The van der Waals surface area contributed by atoms with E-state index in [4.69, 9.17) is 10.2 Å². The van der Waals surface area contributed by atoms with Gasteiger partial charge in [-0.3, -0.25) is 0 Å². The third kappa shape index (κ3) is 2.67. The fourth-order valence-electron chi connectivity index (χ4n) is 2.11. The fourth-order valence-corrected chi connectivity index (χ4v) is 2.11. The van der Waals surface area contributed by atoms with E-state index >= 15 is 0 Å². The first kappa shape index (κ1) is 12.1. The Hall–Kier alpha value is -1.35. The predicted molar refractivity (Wildman–Crippen MR) is 69.8 cm³/mol. The molecule has 0 radical (unpaired) electrons. The molecule has 0 aliphatic rings. The Bertz CT molecular complexity index is 502. The van der Waals surface area contributed by atoms with Crippen LogP contribution in [0.4, 0.5) is 0 Å². The summed E-state index contributed by atoms with van der Waals surface area (Å²) in [6.07, 6.45) is 1.00. The normalized spacial score (nSPS) is 13.5. The number of oxazole rings is 1. The lowest BCUT2D eigenvalue weighted by Crippen LogP contribution is -2.22. The second-order valence-corrected chi connectivity index (χ2v) is 4.98. The van der Waals surface area contributed by atoms with Crippen molar-refractivity contribution in [1.29, 1.82) is 0 Å². The van der Waals surface area contributed by atoms with Crippen molar-refractivity contribution in [3.05, 3.63) is 29.7 Å². The van der Waals surface area contributed by atoms with Crippen LogP contribution in [0.15, 0.2) is 22.6 Å². The molecule has 0 aliphatic carbocycles. The summed E-state index contributed by atoms with van der Waals surface area (Å²) in [4.78, 5) is 4.30.